The first-order valence-corrected chi connectivity index (χ1v) is 6.97. The molecule has 0 aliphatic rings. The molecule has 120 valence electrons. The molecule has 0 aliphatic heterocycles. The third-order valence-electron chi connectivity index (χ3n) is 2.83. The zero-order valence-electron chi connectivity index (χ0n) is 14.3. The Balaban J connectivity index is -0.00000180. The fourth-order valence-electron chi connectivity index (χ4n) is 1.71. The summed E-state index contributed by atoms with van der Waals surface area (Å²) in [6.45, 7) is 5.24. The van der Waals surface area contributed by atoms with Crippen LogP contribution < -0.4 is 5.32 Å². The van der Waals surface area contributed by atoms with Crippen LogP contribution in [0.3, 0.4) is 0 Å². The first kappa shape index (κ1) is 27.7. The quantitative estimate of drug-likeness (QED) is 0.244. The molecule has 0 saturated carbocycles. The second kappa shape index (κ2) is 18.2. The maximum Gasteiger partial charge on any atom is 0.329 e. The summed E-state index contributed by atoms with van der Waals surface area (Å²) in [5.41, 5.74) is 0. The number of nitrogens with zero attached hydrogens (tertiary/aromatic N) is 1. The van der Waals surface area contributed by atoms with E-state index in [1.165, 1.54) is 6.42 Å². The van der Waals surface area contributed by atoms with Gasteiger partial charge in [-0.25, -0.2) is 4.79 Å². The van der Waals surface area contributed by atoms with Crippen molar-refractivity contribution in [2.45, 2.75) is 39.3 Å². The van der Waals surface area contributed by atoms with Crippen molar-refractivity contribution in [3.8, 4) is 0 Å². The fourth-order valence-corrected chi connectivity index (χ4v) is 1.71. The van der Waals surface area contributed by atoms with Crippen molar-refractivity contribution in [3.63, 3.8) is 0 Å². The van der Waals surface area contributed by atoms with Gasteiger partial charge < -0.3 is 20.3 Å². The molecule has 0 aliphatic carbocycles. The van der Waals surface area contributed by atoms with Gasteiger partial charge in [-0.2, -0.15) is 0 Å². The normalized spacial score (nSPS) is 11.4. The number of nitrogens with one attached hydrogen (secondary N) is 1. The second-order valence-electron chi connectivity index (χ2n) is 4.63. The minimum atomic E-state index is -1.06. The summed E-state index contributed by atoms with van der Waals surface area (Å²) in [6.07, 6.45) is 2.89. The smallest absolute Gasteiger partial charge is 0.329 e. The van der Waals surface area contributed by atoms with Crippen LogP contribution in [-0.2, 0) is 14.3 Å². The predicted octanol–water partition coefficient (Wildman–Crippen LogP) is -0.162. The van der Waals surface area contributed by atoms with E-state index in [-0.39, 0.29) is 65.7 Å². The number of unbranched alkanes of at least 4 members (excludes halogenated alkanes) is 2. The molecule has 1 unspecified atom stereocenters. The van der Waals surface area contributed by atoms with Crippen LogP contribution in [0.4, 0.5) is 0 Å². The average Bonchev–Trinajstić information content (AvgIpc) is 2.38. The van der Waals surface area contributed by atoms with Crippen LogP contribution in [-0.4, -0.2) is 125 Å². The first-order chi connectivity index (χ1) is 9.47. The maximum absolute atomic E-state index is 10.8. The van der Waals surface area contributed by atoms with Crippen molar-refractivity contribution in [2.75, 3.05) is 32.8 Å². The van der Waals surface area contributed by atoms with Crippen LogP contribution >= 0.6 is 0 Å². The van der Waals surface area contributed by atoms with E-state index in [9.17, 15) is 9.59 Å². The molecule has 9 heteroatoms. The first-order valence-electron chi connectivity index (χ1n) is 6.97. The van der Waals surface area contributed by atoms with Gasteiger partial charge in [-0.3, -0.25) is 9.69 Å². The number of ether oxygens (including phenoxy) is 1. The van der Waals surface area contributed by atoms with Gasteiger partial charge in [-0.1, -0.05) is 19.8 Å². The molecule has 22 heavy (non-hydrogen) atoms. The summed E-state index contributed by atoms with van der Waals surface area (Å²) in [6, 6.07) is 0. The molecule has 0 spiro atoms. The molecule has 3 N–H and O–H groups in total. The van der Waals surface area contributed by atoms with Crippen molar-refractivity contribution in [1.82, 2.24) is 10.2 Å². The Kier molecular flexibility index (Phi) is 22.8. The van der Waals surface area contributed by atoms with Crippen molar-refractivity contribution in [2.24, 2.45) is 0 Å². The van der Waals surface area contributed by atoms with E-state index in [1.807, 2.05) is 0 Å². The van der Waals surface area contributed by atoms with Crippen molar-refractivity contribution in [3.05, 3.63) is 0 Å². The Hall–Kier alpha value is 0.820. The van der Waals surface area contributed by atoms with Crippen LogP contribution in [0, 0.1) is 0 Å². The van der Waals surface area contributed by atoms with E-state index in [1.54, 1.807) is 11.8 Å². The van der Waals surface area contributed by atoms with Crippen molar-refractivity contribution in [1.29, 1.82) is 0 Å². The SMILES string of the molecule is CCCCCNCCN(CC(=O)O)C(C)OCC(=O)O.[Na].[Na]. The van der Waals surface area contributed by atoms with Gasteiger partial charge in [0.2, 0.25) is 0 Å². The second-order valence-corrected chi connectivity index (χ2v) is 4.63. The summed E-state index contributed by atoms with van der Waals surface area (Å²) < 4.78 is 5.10. The van der Waals surface area contributed by atoms with Gasteiger partial charge in [0, 0.05) is 72.2 Å². The molecule has 0 bridgehead atoms. The van der Waals surface area contributed by atoms with Crippen molar-refractivity contribution < 1.29 is 24.5 Å². The topological polar surface area (TPSA) is 99.1 Å². The molecule has 0 heterocycles. The van der Waals surface area contributed by atoms with Crippen LogP contribution in [0.1, 0.15) is 33.1 Å². The minimum Gasteiger partial charge on any atom is -0.480 e. The van der Waals surface area contributed by atoms with Gasteiger partial charge in [0.25, 0.3) is 0 Å². The summed E-state index contributed by atoms with van der Waals surface area (Å²) in [7, 11) is 0. The molecule has 0 aromatic rings. The van der Waals surface area contributed by atoms with Gasteiger partial charge in [0.15, 0.2) is 0 Å². The fraction of sp³-hybridized carbons (Fsp3) is 0.846. The Morgan fingerprint density at radius 1 is 1.14 bits per heavy atom. The number of carboxylic acids is 2. The van der Waals surface area contributed by atoms with E-state index in [2.05, 4.69) is 12.2 Å². The molecule has 0 amide bonds. The summed E-state index contributed by atoms with van der Waals surface area (Å²) in [4.78, 5) is 22.8. The minimum absolute atomic E-state index is 0. The average molecular weight is 336 g/mol. The predicted molar refractivity (Wildman–Crippen MR) is 86.2 cm³/mol. The van der Waals surface area contributed by atoms with E-state index < -0.39 is 24.8 Å². The molecule has 0 aromatic heterocycles. The van der Waals surface area contributed by atoms with E-state index in [0.29, 0.717) is 13.1 Å². The third-order valence-corrected chi connectivity index (χ3v) is 2.83. The van der Waals surface area contributed by atoms with Gasteiger partial charge in [-0.05, 0) is 19.9 Å². The number of rotatable bonds is 13. The van der Waals surface area contributed by atoms with E-state index in [0.717, 1.165) is 19.4 Å². The van der Waals surface area contributed by atoms with Gasteiger partial charge in [0.05, 0.1) is 6.54 Å². The van der Waals surface area contributed by atoms with Crippen LogP contribution in [0.5, 0.6) is 0 Å². The Morgan fingerprint density at radius 2 is 1.77 bits per heavy atom. The Labute approximate surface area is 176 Å². The van der Waals surface area contributed by atoms with Crippen LogP contribution in [0.15, 0.2) is 0 Å². The molecule has 0 aromatic carbocycles. The summed E-state index contributed by atoms with van der Waals surface area (Å²) in [5, 5.41) is 20.6. The molecular weight excluding hydrogens is 310 g/mol. The molecule has 7 nitrogen and oxygen atoms in total. The van der Waals surface area contributed by atoms with E-state index >= 15 is 0 Å². The number of aliphatic carboxylic acids is 2. The molecule has 0 rings (SSSR count). The number of carboxylic acid groups (broad SMARTS) is 2. The largest absolute Gasteiger partial charge is 0.480 e. The maximum atomic E-state index is 10.8. The molecule has 1 atom stereocenters. The standard InChI is InChI=1S/C13H26N2O5.2Na/c1-3-4-5-6-14-7-8-15(9-12(16)17)11(2)20-10-13(18)19;;/h11,14H,3-10H2,1-2H3,(H,16,17)(H,18,19);;. The van der Waals surface area contributed by atoms with Gasteiger partial charge >= 0.3 is 11.9 Å². The summed E-state index contributed by atoms with van der Waals surface area (Å²) in [5.74, 6) is -2.02. The number of hydrogen-bond acceptors (Lipinski definition) is 5. The molecule has 2 radical (unpaired) electrons. The zero-order chi connectivity index (χ0) is 15.4. The van der Waals surface area contributed by atoms with Crippen LogP contribution in [0.25, 0.3) is 0 Å². The van der Waals surface area contributed by atoms with Gasteiger partial charge in [0.1, 0.15) is 12.8 Å². The zero-order valence-corrected chi connectivity index (χ0v) is 18.3. The Bertz CT molecular complexity index is 296. The van der Waals surface area contributed by atoms with Gasteiger partial charge in [-0.15, -0.1) is 0 Å². The van der Waals surface area contributed by atoms with Crippen LogP contribution in [0.2, 0.25) is 0 Å². The third kappa shape index (κ3) is 17.2. The molecular formula is C13H26N2Na2O5. The Morgan fingerprint density at radius 3 is 2.27 bits per heavy atom. The van der Waals surface area contributed by atoms with E-state index in [4.69, 9.17) is 14.9 Å². The molecule has 0 fully saturated rings. The molecule has 0 saturated heterocycles. The number of carbonyl (C=O) groups is 2. The monoisotopic (exact) mass is 336 g/mol. The summed E-state index contributed by atoms with van der Waals surface area (Å²) >= 11 is 0. The number of hydrogen-bond donors (Lipinski definition) is 3. The van der Waals surface area contributed by atoms with Crippen molar-refractivity contribution >= 4 is 71.1 Å².